The molecule has 0 fully saturated rings. The van der Waals surface area contributed by atoms with Crippen LogP contribution in [0, 0.1) is 0 Å². The van der Waals surface area contributed by atoms with Crippen molar-refractivity contribution in [2.24, 2.45) is 4.99 Å². The van der Waals surface area contributed by atoms with Crippen LogP contribution in [0.25, 0.3) is 0 Å². The van der Waals surface area contributed by atoms with Crippen LogP contribution in [0.3, 0.4) is 0 Å². The molecule has 0 aromatic carbocycles. The van der Waals surface area contributed by atoms with Gasteiger partial charge in [0.25, 0.3) is 0 Å². The van der Waals surface area contributed by atoms with Gasteiger partial charge in [-0.15, -0.1) is 6.58 Å². The third-order valence-corrected chi connectivity index (χ3v) is 3.51. The van der Waals surface area contributed by atoms with Gasteiger partial charge in [0.05, 0.1) is 5.04 Å². The van der Waals surface area contributed by atoms with Gasteiger partial charge in [-0.2, -0.15) is 0 Å². The highest BCUT2D eigenvalue weighted by Crippen LogP contribution is 2.26. The molecule has 0 N–H and O–H groups in total. The highest BCUT2D eigenvalue weighted by molar-refractivity contribution is 8.17. The molecule has 0 aromatic rings. The Kier molecular flexibility index (Phi) is 8.00. The molecule has 0 aromatic heterocycles. The van der Waals surface area contributed by atoms with Crippen LogP contribution in [-0.4, -0.2) is 12.1 Å². The van der Waals surface area contributed by atoms with E-state index < -0.39 is 0 Å². The number of hydrogen-bond acceptors (Lipinski definition) is 2. The lowest BCUT2D eigenvalue weighted by atomic mass is 10.1. The van der Waals surface area contributed by atoms with Crippen LogP contribution in [-0.2, 0) is 0 Å². The summed E-state index contributed by atoms with van der Waals surface area (Å²) in [6.45, 7) is 12.2. The van der Waals surface area contributed by atoms with E-state index in [4.69, 9.17) is 0 Å². The van der Waals surface area contributed by atoms with Crippen molar-refractivity contribution in [2.75, 3.05) is 7.05 Å². The van der Waals surface area contributed by atoms with E-state index >= 15 is 0 Å². The molecule has 0 atom stereocenters. The molecule has 0 rings (SSSR count). The van der Waals surface area contributed by atoms with Gasteiger partial charge in [-0.1, -0.05) is 29.5 Å². The van der Waals surface area contributed by atoms with Crippen LogP contribution in [0.2, 0.25) is 0 Å². The van der Waals surface area contributed by atoms with E-state index in [1.807, 2.05) is 13.1 Å². The maximum atomic E-state index is 4.40. The minimum absolute atomic E-state index is 1.01. The Labute approximate surface area is 104 Å². The van der Waals surface area contributed by atoms with Crippen molar-refractivity contribution < 1.29 is 0 Å². The SMILES string of the molecule is C=CCCC(C(=NC)S/C(C)=C\C)=C(C)C. The van der Waals surface area contributed by atoms with E-state index in [1.54, 1.807) is 11.8 Å². The van der Waals surface area contributed by atoms with Gasteiger partial charge >= 0.3 is 0 Å². The van der Waals surface area contributed by atoms with Gasteiger partial charge < -0.3 is 0 Å². The molecule has 0 heterocycles. The zero-order valence-electron chi connectivity index (χ0n) is 11.1. The second kappa shape index (κ2) is 8.40. The van der Waals surface area contributed by atoms with Crippen molar-refractivity contribution in [3.8, 4) is 0 Å². The van der Waals surface area contributed by atoms with Crippen LogP contribution in [0.1, 0.15) is 40.5 Å². The van der Waals surface area contributed by atoms with E-state index in [-0.39, 0.29) is 0 Å². The van der Waals surface area contributed by atoms with E-state index in [0.717, 1.165) is 17.9 Å². The summed E-state index contributed by atoms with van der Waals surface area (Å²) in [4.78, 5) is 5.69. The largest absolute Gasteiger partial charge is 0.281 e. The van der Waals surface area contributed by atoms with Crippen LogP contribution in [0.5, 0.6) is 0 Å². The number of allylic oxidation sites excluding steroid dienone is 4. The van der Waals surface area contributed by atoms with Gasteiger partial charge in [-0.3, -0.25) is 4.99 Å². The molecule has 0 amide bonds. The standard InChI is InChI=1S/C14H23NS/c1-7-9-10-13(11(3)4)14(15-6)16-12(5)8-2/h7-8H,1,9-10H2,2-6H3/b12-8-,15-14?. The van der Waals surface area contributed by atoms with Gasteiger partial charge in [-0.25, -0.2) is 0 Å². The lowest BCUT2D eigenvalue weighted by Gasteiger charge is -2.12. The molecule has 0 aliphatic rings. The Balaban J connectivity index is 4.90. The summed E-state index contributed by atoms with van der Waals surface area (Å²) in [6, 6.07) is 0. The molecular formula is C14H23NS. The number of aliphatic imine (C=N–C) groups is 1. The minimum Gasteiger partial charge on any atom is -0.281 e. The van der Waals surface area contributed by atoms with Crippen molar-refractivity contribution in [1.29, 1.82) is 0 Å². The molecule has 0 saturated carbocycles. The minimum atomic E-state index is 1.01. The first-order valence-electron chi connectivity index (χ1n) is 5.62. The highest BCUT2D eigenvalue weighted by atomic mass is 32.2. The topological polar surface area (TPSA) is 12.4 Å². The summed E-state index contributed by atoms with van der Waals surface area (Å²) >= 11 is 1.75. The highest BCUT2D eigenvalue weighted by Gasteiger charge is 2.09. The quantitative estimate of drug-likeness (QED) is 0.373. The molecule has 0 bridgehead atoms. The Bertz CT molecular complexity index is 318. The van der Waals surface area contributed by atoms with Crippen LogP contribution < -0.4 is 0 Å². The summed E-state index contributed by atoms with van der Waals surface area (Å²) in [6.07, 6.45) is 6.12. The summed E-state index contributed by atoms with van der Waals surface area (Å²) in [5.74, 6) is 0. The average Bonchev–Trinajstić information content (AvgIpc) is 2.27. The van der Waals surface area contributed by atoms with E-state index in [0.29, 0.717) is 0 Å². The second-order valence-corrected chi connectivity index (χ2v) is 5.07. The number of rotatable bonds is 5. The molecule has 0 aliphatic carbocycles. The van der Waals surface area contributed by atoms with Crippen molar-refractivity contribution in [3.63, 3.8) is 0 Å². The van der Waals surface area contributed by atoms with Crippen LogP contribution in [0.4, 0.5) is 0 Å². The fourth-order valence-electron chi connectivity index (χ4n) is 1.27. The smallest absolute Gasteiger partial charge is 0.0976 e. The fourth-order valence-corrected chi connectivity index (χ4v) is 2.21. The summed E-state index contributed by atoms with van der Waals surface area (Å²) in [5.41, 5.74) is 2.70. The normalized spacial score (nSPS) is 12.6. The Morgan fingerprint density at radius 2 is 1.94 bits per heavy atom. The Morgan fingerprint density at radius 1 is 1.31 bits per heavy atom. The number of thioether (sulfide) groups is 1. The molecule has 0 unspecified atom stereocenters. The van der Waals surface area contributed by atoms with E-state index in [1.165, 1.54) is 16.1 Å². The second-order valence-electron chi connectivity index (χ2n) is 3.84. The zero-order valence-corrected chi connectivity index (χ0v) is 11.9. The molecule has 0 radical (unpaired) electrons. The Hall–Kier alpha value is -0.760. The van der Waals surface area contributed by atoms with Gasteiger partial charge in [0.15, 0.2) is 0 Å². The monoisotopic (exact) mass is 237 g/mol. The first-order valence-corrected chi connectivity index (χ1v) is 6.43. The fraction of sp³-hybridized carbons (Fsp3) is 0.500. The van der Waals surface area contributed by atoms with Crippen LogP contribution in [0.15, 0.2) is 39.8 Å². The van der Waals surface area contributed by atoms with Crippen molar-refractivity contribution in [3.05, 3.63) is 34.8 Å². The molecule has 0 aliphatic heterocycles. The van der Waals surface area contributed by atoms with Gasteiger partial charge in [0.1, 0.15) is 0 Å². The molecule has 16 heavy (non-hydrogen) atoms. The number of hydrogen-bond donors (Lipinski definition) is 0. The molecular weight excluding hydrogens is 214 g/mol. The summed E-state index contributed by atoms with van der Waals surface area (Å²) in [5, 5.41) is 1.14. The molecule has 90 valence electrons. The molecule has 0 saturated heterocycles. The van der Waals surface area contributed by atoms with E-state index in [9.17, 15) is 0 Å². The lowest BCUT2D eigenvalue weighted by Crippen LogP contribution is -2.00. The lowest BCUT2D eigenvalue weighted by molar-refractivity contribution is 1.00. The maximum Gasteiger partial charge on any atom is 0.0976 e. The van der Waals surface area contributed by atoms with Crippen molar-refractivity contribution in [1.82, 2.24) is 0 Å². The van der Waals surface area contributed by atoms with Gasteiger partial charge in [-0.05, 0) is 51.0 Å². The van der Waals surface area contributed by atoms with Gasteiger partial charge in [0.2, 0.25) is 0 Å². The predicted octanol–water partition coefficient (Wildman–Crippen LogP) is 4.97. The summed E-state index contributed by atoms with van der Waals surface area (Å²) < 4.78 is 0. The molecule has 2 heteroatoms. The number of nitrogens with zero attached hydrogens (tertiary/aromatic N) is 1. The molecule has 0 spiro atoms. The zero-order chi connectivity index (χ0) is 12.6. The predicted molar refractivity (Wildman–Crippen MR) is 78.2 cm³/mol. The first kappa shape index (κ1) is 15.2. The summed E-state index contributed by atoms with van der Waals surface area (Å²) in [7, 11) is 1.86. The first-order chi connectivity index (χ1) is 7.56. The molecule has 1 nitrogen and oxygen atoms in total. The average molecular weight is 237 g/mol. The third kappa shape index (κ3) is 5.36. The Morgan fingerprint density at radius 3 is 2.31 bits per heavy atom. The van der Waals surface area contributed by atoms with Crippen molar-refractivity contribution in [2.45, 2.75) is 40.5 Å². The van der Waals surface area contributed by atoms with Gasteiger partial charge in [0, 0.05) is 7.05 Å². The van der Waals surface area contributed by atoms with E-state index in [2.05, 4.69) is 45.3 Å². The third-order valence-electron chi connectivity index (χ3n) is 2.33. The maximum absolute atomic E-state index is 4.40. The van der Waals surface area contributed by atoms with Crippen LogP contribution >= 0.6 is 11.8 Å². The van der Waals surface area contributed by atoms with Crippen molar-refractivity contribution >= 4 is 16.8 Å².